The van der Waals surface area contributed by atoms with Crippen LogP contribution in [-0.4, -0.2) is 6.79 Å². The van der Waals surface area contributed by atoms with Crippen molar-refractivity contribution in [2.75, 3.05) is 6.79 Å². The molecule has 4 aliphatic carbocycles. The summed E-state index contributed by atoms with van der Waals surface area (Å²) in [7, 11) is 0. The van der Waals surface area contributed by atoms with Crippen LogP contribution in [-0.2, 0) is 5.41 Å². The SMILES string of the molecule is CC(C)c1cc2c(c(C34CC5CC(CC(C5)C3)C4)c1)OCO2. The summed E-state index contributed by atoms with van der Waals surface area (Å²) in [4.78, 5) is 0. The summed E-state index contributed by atoms with van der Waals surface area (Å²) >= 11 is 0. The van der Waals surface area contributed by atoms with Gasteiger partial charge in [-0.05, 0) is 79.2 Å². The first kappa shape index (κ1) is 13.3. The summed E-state index contributed by atoms with van der Waals surface area (Å²) in [5, 5.41) is 0. The minimum atomic E-state index is 0.386. The van der Waals surface area contributed by atoms with E-state index in [9.17, 15) is 0 Å². The number of fused-ring (bicyclic) bond motifs is 1. The van der Waals surface area contributed by atoms with Crippen molar-refractivity contribution in [3.63, 3.8) is 0 Å². The van der Waals surface area contributed by atoms with E-state index < -0.39 is 0 Å². The first-order valence-electron chi connectivity index (χ1n) is 9.07. The molecular weight excluding hydrogens is 272 g/mol. The predicted molar refractivity (Wildman–Crippen MR) is 86.5 cm³/mol. The van der Waals surface area contributed by atoms with E-state index in [-0.39, 0.29) is 0 Å². The Hall–Kier alpha value is -1.18. The van der Waals surface area contributed by atoms with Crippen molar-refractivity contribution in [3.05, 3.63) is 23.3 Å². The van der Waals surface area contributed by atoms with Gasteiger partial charge in [0.15, 0.2) is 11.5 Å². The third-order valence-corrected chi connectivity index (χ3v) is 6.77. The van der Waals surface area contributed by atoms with Crippen molar-refractivity contribution in [1.29, 1.82) is 0 Å². The van der Waals surface area contributed by atoms with E-state index in [0.717, 1.165) is 29.3 Å². The van der Waals surface area contributed by atoms with Gasteiger partial charge in [-0.3, -0.25) is 0 Å². The van der Waals surface area contributed by atoms with E-state index >= 15 is 0 Å². The van der Waals surface area contributed by atoms with Gasteiger partial charge in [-0.25, -0.2) is 0 Å². The molecule has 1 aliphatic heterocycles. The second kappa shape index (κ2) is 4.43. The van der Waals surface area contributed by atoms with Gasteiger partial charge >= 0.3 is 0 Å². The fraction of sp³-hybridized carbons (Fsp3) is 0.700. The Morgan fingerprint density at radius 2 is 1.59 bits per heavy atom. The molecular formula is C20H26O2. The maximum atomic E-state index is 5.93. The average Bonchev–Trinajstić information content (AvgIpc) is 2.92. The maximum absolute atomic E-state index is 5.93. The number of hydrogen-bond acceptors (Lipinski definition) is 2. The molecule has 2 nitrogen and oxygen atoms in total. The minimum Gasteiger partial charge on any atom is -0.454 e. The van der Waals surface area contributed by atoms with E-state index in [4.69, 9.17) is 9.47 Å². The fourth-order valence-electron chi connectivity index (χ4n) is 6.20. The van der Waals surface area contributed by atoms with Gasteiger partial charge in [0.25, 0.3) is 0 Å². The van der Waals surface area contributed by atoms with Crippen LogP contribution in [0, 0.1) is 17.8 Å². The molecule has 0 atom stereocenters. The molecule has 0 N–H and O–H groups in total. The van der Waals surface area contributed by atoms with Gasteiger partial charge in [0.2, 0.25) is 6.79 Å². The largest absolute Gasteiger partial charge is 0.454 e. The Labute approximate surface area is 133 Å². The molecule has 5 aliphatic rings. The van der Waals surface area contributed by atoms with E-state index in [1.165, 1.54) is 49.7 Å². The lowest BCUT2D eigenvalue weighted by Crippen LogP contribution is -2.48. The lowest BCUT2D eigenvalue weighted by Gasteiger charge is -2.57. The molecule has 6 rings (SSSR count). The molecule has 1 aromatic rings. The average molecular weight is 298 g/mol. The molecule has 0 aromatic heterocycles. The van der Waals surface area contributed by atoms with Gasteiger partial charge in [0.05, 0.1) is 0 Å². The molecule has 1 heterocycles. The number of rotatable bonds is 2. The van der Waals surface area contributed by atoms with E-state index in [2.05, 4.69) is 26.0 Å². The molecule has 4 bridgehead atoms. The Balaban J connectivity index is 1.66. The summed E-state index contributed by atoms with van der Waals surface area (Å²) < 4.78 is 11.7. The standard InChI is InChI=1S/C20H26O2/c1-12(2)16-6-17(19-18(7-16)21-11-22-19)20-8-13-3-14(9-20)5-15(4-13)10-20/h6-7,12-15H,3-5,8-11H2,1-2H3. The normalized spacial score (nSPS) is 38.0. The maximum Gasteiger partial charge on any atom is 0.231 e. The number of hydrogen-bond donors (Lipinski definition) is 0. The first-order chi connectivity index (χ1) is 10.6. The van der Waals surface area contributed by atoms with Crippen molar-refractivity contribution >= 4 is 0 Å². The summed E-state index contributed by atoms with van der Waals surface area (Å²) in [5.74, 6) is 5.51. The van der Waals surface area contributed by atoms with Gasteiger partial charge in [-0.2, -0.15) is 0 Å². The summed E-state index contributed by atoms with van der Waals surface area (Å²) in [6.07, 6.45) is 8.62. The highest BCUT2D eigenvalue weighted by atomic mass is 16.7. The summed E-state index contributed by atoms with van der Waals surface area (Å²) in [5.41, 5.74) is 3.29. The van der Waals surface area contributed by atoms with Crippen molar-refractivity contribution in [3.8, 4) is 11.5 Å². The van der Waals surface area contributed by atoms with Crippen LogP contribution in [0.5, 0.6) is 11.5 Å². The zero-order chi connectivity index (χ0) is 14.9. The van der Waals surface area contributed by atoms with Crippen LogP contribution in [0.3, 0.4) is 0 Å². The molecule has 0 unspecified atom stereocenters. The van der Waals surface area contributed by atoms with Crippen molar-refractivity contribution in [2.24, 2.45) is 17.8 Å². The Morgan fingerprint density at radius 3 is 2.18 bits per heavy atom. The lowest BCUT2D eigenvalue weighted by molar-refractivity contribution is -0.00631. The van der Waals surface area contributed by atoms with Crippen LogP contribution in [0.25, 0.3) is 0 Å². The molecule has 2 heteroatoms. The third kappa shape index (κ3) is 1.79. The molecule has 0 amide bonds. The molecule has 0 saturated heterocycles. The second-order valence-electron chi connectivity index (χ2n) is 8.65. The molecule has 0 spiro atoms. The fourth-order valence-corrected chi connectivity index (χ4v) is 6.20. The Morgan fingerprint density at radius 1 is 0.955 bits per heavy atom. The van der Waals surface area contributed by atoms with Crippen LogP contribution in [0.15, 0.2) is 12.1 Å². The minimum absolute atomic E-state index is 0.386. The van der Waals surface area contributed by atoms with Crippen LogP contribution >= 0.6 is 0 Å². The van der Waals surface area contributed by atoms with Gasteiger partial charge in [0, 0.05) is 5.56 Å². The molecule has 118 valence electrons. The van der Waals surface area contributed by atoms with Crippen LogP contribution < -0.4 is 9.47 Å². The first-order valence-corrected chi connectivity index (χ1v) is 9.07. The summed E-state index contributed by atoms with van der Waals surface area (Å²) in [6.45, 7) is 4.96. The monoisotopic (exact) mass is 298 g/mol. The zero-order valence-electron chi connectivity index (χ0n) is 13.7. The van der Waals surface area contributed by atoms with Crippen LogP contribution in [0.1, 0.15) is 69.4 Å². The topological polar surface area (TPSA) is 18.5 Å². The highest BCUT2D eigenvalue weighted by Gasteiger charge is 2.53. The van der Waals surface area contributed by atoms with E-state index in [1.807, 2.05) is 0 Å². The van der Waals surface area contributed by atoms with Crippen molar-refractivity contribution < 1.29 is 9.47 Å². The molecule has 4 saturated carbocycles. The summed E-state index contributed by atoms with van der Waals surface area (Å²) in [6, 6.07) is 4.67. The Kier molecular flexibility index (Phi) is 2.67. The van der Waals surface area contributed by atoms with E-state index in [0.29, 0.717) is 18.1 Å². The molecule has 0 radical (unpaired) electrons. The zero-order valence-corrected chi connectivity index (χ0v) is 13.7. The van der Waals surface area contributed by atoms with Gasteiger partial charge < -0.3 is 9.47 Å². The highest BCUT2D eigenvalue weighted by molar-refractivity contribution is 5.55. The smallest absolute Gasteiger partial charge is 0.231 e. The molecule has 4 fully saturated rings. The Bertz CT molecular complexity index is 581. The molecule has 1 aromatic carbocycles. The van der Waals surface area contributed by atoms with Gasteiger partial charge in [-0.1, -0.05) is 19.9 Å². The lowest BCUT2D eigenvalue weighted by atomic mass is 9.48. The molecule has 22 heavy (non-hydrogen) atoms. The number of ether oxygens (including phenoxy) is 2. The third-order valence-electron chi connectivity index (χ3n) is 6.77. The predicted octanol–water partition coefficient (Wildman–Crippen LogP) is 5.01. The highest BCUT2D eigenvalue weighted by Crippen LogP contribution is 2.63. The van der Waals surface area contributed by atoms with E-state index in [1.54, 1.807) is 0 Å². The van der Waals surface area contributed by atoms with Crippen molar-refractivity contribution in [1.82, 2.24) is 0 Å². The van der Waals surface area contributed by atoms with Gasteiger partial charge in [-0.15, -0.1) is 0 Å². The second-order valence-corrected chi connectivity index (χ2v) is 8.65. The van der Waals surface area contributed by atoms with Gasteiger partial charge in [0.1, 0.15) is 0 Å². The quantitative estimate of drug-likeness (QED) is 0.764. The number of benzene rings is 1. The van der Waals surface area contributed by atoms with Crippen LogP contribution in [0.2, 0.25) is 0 Å². The van der Waals surface area contributed by atoms with Crippen LogP contribution in [0.4, 0.5) is 0 Å². The van der Waals surface area contributed by atoms with Crippen molar-refractivity contribution in [2.45, 2.75) is 63.7 Å².